The number of pyridine rings is 1. The van der Waals surface area contributed by atoms with Crippen molar-refractivity contribution >= 4 is 23.2 Å². The number of anilines is 1. The third-order valence-corrected chi connectivity index (χ3v) is 5.13. The molecule has 6 heteroatoms. The number of piperidine rings is 1. The van der Waals surface area contributed by atoms with Gasteiger partial charge in [-0.1, -0.05) is 12.1 Å². The first kappa shape index (κ1) is 20.8. The van der Waals surface area contributed by atoms with Gasteiger partial charge in [0.25, 0.3) is 0 Å². The second-order valence-electron chi connectivity index (χ2n) is 7.34. The number of aliphatic hydroxyl groups is 1. The van der Waals surface area contributed by atoms with Crippen LogP contribution in [0.3, 0.4) is 0 Å². The topological polar surface area (TPSA) is 91.5 Å². The molecule has 1 fully saturated rings. The van der Waals surface area contributed by atoms with E-state index in [1.165, 1.54) is 11.6 Å². The maximum absolute atomic E-state index is 12.3. The predicted octanol–water partition coefficient (Wildman–Crippen LogP) is 3.01. The molecule has 0 atom stereocenters. The standard InChI is InChI=1S/C23H28N4O2/c1-17(14-24)22-8-11-25-15-19(22)4-7-23(29)26-20-5-2-18(3-6-20)16-27-12-9-21(28)10-13-27/h2-8,11,14-15,21,28H,9-10,12-13,16,24H2,1H3,(H,26,29)/b7-4+,17-14+. The Morgan fingerprint density at radius 1 is 1.28 bits per heavy atom. The number of aliphatic hydroxyl groups excluding tert-OH is 1. The maximum Gasteiger partial charge on any atom is 0.248 e. The lowest BCUT2D eigenvalue weighted by atomic mass is 10.0. The number of carbonyl (C=O) groups is 1. The molecule has 0 spiro atoms. The molecule has 0 unspecified atom stereocenters. The highest BCUT2D eigenvalue weighted by Crippen LogP contribution is 2.19. The summed E-state index contributed by atoms with van der Waals surface area (Å²) in [6.07, 6.45) is 9.70. The summed E-state index contributed by atoms with van der Waals surface area (Å²) in [7, 11) is 0. The number of hydrogen-bond acceptors (Lipinski definition) is 5. The first-order valence-electron chi connectivity index (χ1n) is 9.86. The fourth-order valence-corrected chi connectivity index (χ4v) is 3.37. The van der Waals surface area contributed by atoms with Gasteiger partial charge in [-0.25, -0.2) is 0 Å². The minimum atomic E-state index is -0.202. The van der Waals surface area contributed by atoms with Crippen LogP contribution < -0.4 is 11.1 Å². The molecule has 29 heavy (non-hydrogen) atoms. The molecule has 1 aliphatic heterocycles. The van der Waals surface area contributed by atoms with Crippen molar-refractivity contribution in [3.8, 4) is 0 Å². The van der Waals surface area contributed by atoms with Gasteiger partial charge in [0.2, 0.25) is 5.91 Å². The third-order valence-electron chi connectivity index (χ3n) is 5.13. The average molecular weight is 393 g/mol. The minimum absolute atomic E-state index is 0.158. The van der Waals surface area contributed by atoms with E-state index in [1.54, 1.807) is 24.7 Å². The highest BCUT2D eigenvalue weighted by molar-refractivity contribution is 6.02. The number of hydrogen-bond donors (Lipinski definition) is 3. The van der Waals surface area contributed by atoms with Crippen LogP contribution in [-0.4, -0.2) is 40.1 Å². The van der Waals surface area contributed by atoms with Crippen LogP contribution in [-0.2, 0) is 11.3 Å². The monoisotopic (exact) mass is 392 g/mol. The van der Waals surface area contributed by atoms with Gasteiger partial charge >= 0.3 is 0 Å². The van der Waals surface area contributed by atoms with Crippen molar-refractivity contribution in [3.05, 3.63) is 71.7 Å². The van der Waals surface area contributed by atoms with Gasteiger partial charge in [0.05, 0.1) is 6.10 Å². The van der Waals surface area contributed by atoms with Gasteiger partial charge in [-0.2, -0.15) is 0 Å². The average Bonchev–Trinajstić information content (AvgIpc) is 2.75. The summed E-state index contributed by atoms with van der Waals surface area (Å²) in [5, 5.41) is 12.5. The predicted molar refractivity (Wildman–Crippen MR) is 117 cm³/mol. The molecule has 1 aromatic heterocycles. The largest absolute Gasteiger partial charge is 0.404 e. The second-order valence-corrected chi connectivity index (χ2v) is 7.34. The number of likely N-dealkylation sites (tertiary alicyclic amines) is 1. The van der Waals surface area contributed by atoms with Crippen molar-refractivity contribution in [2.75, 3.05) is 18.4 Å². The summed E-state index contributed by atoms with van der Waals surface area (Å²) < 4.78 is 0. The molecule has 1 aliphatic rings. The second kappa shape index (κ2) is 10.0. The number of allylic oxidation sites excluding steroid dienone is 1. The lowest BCUT2D eigenvalue weighted by molar-refractivity contribution is -0.111. The molecule has 2 aromatic rings. The van der Waals surface area contributed by atoms with Gasteiger partial charge < -0.3 is 16.2 Å². The van der Waals surface area contributed by atoms with Crippen LogP contribution in [0.4, 0.5) is 5.69 Å². The summed E-state index contributed by atoms with van der Waals surface area (Å²) in [5.74, 6) is -0.202. The molecule has 1 saturated heterocycles. The van der Waals surface area contributed by atoms with Crippen molar-refractivity contribution in [1.29, 1.82) is 0 Å². The molecular formula is C23H28N4O2. The van der Waals surface area contributed by atoms with Crippen molar-refractivity contribution in [2.45, 2.75) is 32.4 Å². The van der Waals surface area contributed by atoms with E-state index in [0.29, 0.717) is 0 Å². The Morgan fingerprint density at radius 3 is 2.69 bits per heavy atom. The van der Waals surface area contributed by atoms with Crippen LogP contribution in [0.2, 0.25) is 0 Å². The number of nitrogens with one attached hydrogen (secondary N) is 1. The molecule has 0 radical (unpaired) electrons. The molecule has 0 saturated carbocycles. The van der Waals surface area contributed by atoms with Crippen LogP contribution in [0, 0.1) is 0 Å². The molecule has 1 amide bonds. The zero-order chi connectivity index (χ0) is 20.6. The Balaban J connectivity index is 1.56. The van der Waals surface area contributed by atoms with E-state index in [1.807, 2.05) is 37.3 Å². The molecule has 0 aliphatic carbocycles. The number of amides is 1. The van der Waals surface area contributed by atoms with Crippen LogP contribution in [0.15, 0.2) is 55.0 Å². The number of nitrogens with zero attached hydrogens (tertiary/aromatic N) is 2. The van der Waals surface area contributed by atoms with Crippen LogP contribution in [0.1, 0.15) is 36.5 Å². The van der Waals surface area contributed by atoms with E-state index in [4.69, 9.17) is 5.73 Å². The first-order valence-corrected chi connectivity index (χ1v) is 9.86. The van der Waals surface area contributed by atoms with Gasteiger partial charge in [0, 0.05) is 49.4 Å². The van der Waals surface area contributed by atoms with Gasteiger partial charge in [-0.15, -0.1) is 0 Å². The van der Waals surface area contributed by atoms with Gasteiger partial charge in [0.1, 0.15) is 0 Å². The summed E-state index contributed by atoms with van der Waals surface area (Å²) in [5.41, 5.74) is 10.3. The highest BCUT2D eigenvalue weighted by Gasteiger charge is 2.16. The summed E-state index contributed by atoms with van der Waals surface area (Å²) in [4.78, 5) is 18.7. The Bertz CT molecular complexity index is 882. The van der Waals surface area contributed by atoms with Gasteiger partial charge in [-0.05, 0) is 66.9 Å². The Labute approximate surface area is 171 Å². The van der Waals surface area contributed by atoms with Crippen LogP contribution in [0.25, 0.3) is 11.6 Å². The summed E-state index contributed by atoms with van der Waals surface area (Å²) in [6, 6.07) is 9.75. The van der Waals surface area contributed by atoms with Crippen molar-refractivity contribution in [2.24, 2.45) is 5.73 Å². The number of nitrogens with two attached hydrogens (primary N) is 1. The lowest BCUT2D eigenvalue weighted by Crippen LogP contribution is -2.35. The molecule has 1 aromatic carbocycles. The summed E-state index contributed by atoms with van der Waals surface area (Å²) in [6.45, 7) is 4.61. The SMILES string of the molecule is C/C(=C\N)c1ccncc1/C=C/C(=O)Nc1ccc(CN2CCC(O)CC2)cc1. The molecule has 2 heterocycles. The Hall–Kier alpha value is -2.96. The molecule has 0 bridgehead atoms. The van der Waals surface area contributed by atoms with E-state index in [-0.39, 0.29) is 12.0 Å². The first-order chi connectivity index (χ1) is 14.0. The molecule has 3 rings (SSSR count). The van der Waals surface area contributed by atoms with Gasteiger partial charge in [0.15, 0.2) is 0 Å². The zero-order valence-corrected chi connectivity index (χ0v) is 16.7. The summed E-state index contributed by atoms with van der Waals surface area (Å²) >= 11 is 0. The van der Waals surface area contributed by atoms with E-state index < -0.39 is 0 Å². The Morgan fingerprint density at radius 2 is 2.00 bits per heavy atom. The van der Waals surface area contributed by atoms with Crippen molar-refractivity contribution in [1.82, 2.24) is 9.88 Å². The van der Waals surface area contributed by atoms with Crippen LogP contribution in [0.5, 0.6) is 0 Å². The number of rotatable bonds is 6. The fourth-order valence-electron chi connectivity index (χ4n) is 3.37. The highest BCUT2D eigenvalue weighted by atomic mass is 16.3. The number of aromatic nitrogens is 1. The van der Waals surface area contributed by atoms with Crippen molar-refractivity contribution < 1.29 is 9.90 Å². The quantitative estimate of drug-likeness (QED) is 0.658. The van der Waals surface area contributed by atoms with Crippen LogP contribution >= 0.6 is 0 Å². The van der Waals surface area contributed by atoms with E-state index in [9.17, 15) is 9.90 Å². The zero-order valence-electron chi connectivity index (χ0n) is 16.7. The Kier molecular flexibility index (Phi) is 7.16. The smallest absolute Gasteiger partial charge is 0.248 e. The van der Waals surface area contributed by atoms with E-state index in [2.05, 4.69) is 15.2 Å². The molecular weight excluding hydrogens is 364 g/mol. The normalized spacial score (nSPS) is 16.3. The van der Waals surface area contributed by atoms with Gasteiger partial charge in [-0.3, -0.25) is 14.7 Å². The molecule has 152 valence electrons. The minimum Gasteiger partial charge on any atom is -0.404 e. The van der Waals surface area contributed by atoms with E-state index >= 15 is 0 Å². The third kappa shape index (κ3) is 6.01. The maximum atomic E-state index is 12.3. The fraction of sp³-hybridized carbons (Fsp3) is 0.304. The molecule has 6 nitrogen and oxygen atoms in total. The number of carbonyl (C=O) groups excluding carboxylic acids is 1. The van der Waals surface area contributed by atoms with Crippen molar-refractivity contribution in [3.63, 3.8) is 0 Å². The lowest BCUT2D eigenvalue weighted by Gasteiger charge is -2.29. The number of benzene rings is 1. The molecule has 4 N–H and O–H groups in total. The van der Waals surface area contributed by atoms with E-state index in [0.717, 1.165) is 54.9 Å².